The van der Waals surface area contributed by atoms with E-state index in [1.54, 1.807) is 32.9 Å². The standard InChI is InChI=1S/C14H18ClFN2O2/c1-14(2,3)20-13(19)17-7-5-4-6-10-8-11(15)9-18-12(10)16/h4,6,8-9H,5,7H2,1-3H3,(H,17,19). The van der Waals surface area contributed by atoms with E-state index < -0.39 is 17.6 Å². The van der Waals surface area contributed by atoms with Gasteiger partial charge in [0, 0.05) is 18.3 Å². The van der Waals surface area contributed by atoms with Crippen LogP contribution in [0.15, 0.2) is 18.3 Å². The van der Waals surface area contributed by atoms with Crippen molar-refractivity contribution in [2.24, 2.45) is 0 Å². The first-order chi connectivity index (χ1) is 9.28. The summed E-state index contributed by atoms with van der Waals surface area (Å²) < 4.78 is 18.4. The van der Waals surface area contributed by atoms with E-state index in [1.807, 2.05) is 0 Å². The number of hydrogen-bond donors (Lipinski definition) is 1. The third-order valence-electron chi connectivity index (χ3n) is 2.11. The van der Waals surface area contributed by atoms with Crippen LogP contribution in [0.5, 0.6) is 0 Å². The van der Waals surface area contributed by atoms with Crippen LogP contribution in [0.1, 0.15) is 32.8 Å². The second-order valence-corrected chi connectivity index (χ2v) is 5.59. The number of aromatic nitrogens is 1. The van der Waals surface area contributed by atoms with Crippen LogP contribution >= 0.6 is 11.6 Å². The van der Waals surface area contributed by atoms with Crippen LogP contribution in [0.25, 0.3) is 6.08 Å². The minimum Gasteiger partial charge on any atom is -0.444 e. The van der Waals surface area contributed by atoms with Crippen LogP contribution in [0.3, 0.4) is 0 Å². The molecule has 1 aromatic heterocycles. The molecule has 1 heterocycles. The number of ether oxygens (including phenoxy) is 1. The fourth-order valence-corrected chi connectivity index (χ4v) is 1.50. The summed E-state index contributed by atoms with van der Waals surface area (Å²) in [6.07, 6.45) is 4.63. The summed E-state index contributed by atoms with van der Waals surface area (Å²) in [6.45, 7) is 5.78. The summed E-state index contributed by atoms with van der Waals surface area (Å²) in [4.78, 5) is 14.9. The van der Waals surface area contributed by atoms with Crippen molar-refractivity contribution in [1.82, 2.24) is 10.3 Å². The Hall–Kier alpha value is -1.62. The number of nitrogens with one attached hydrogen (secondary N) is 1. The van der Waals surface area contributed by atoms with Crippen molar-refractivity contribution in [1.29, 1.82) is 0 Å². The van der Waals surface area contributed by atoms with Gasteiger partial charge in [-0.05, 0) is 33.3 Å². The second kappa shape index (κ2) is 7.24. The van der Waals surface area contributed by atoms with Crippen LogP contribution in [0.2, 0.25) is 5.02 Å². The Bertz CT molecular complexity index is 498. The third kappa shape index (κ3) is 6.52. The molecule has 1 rings (SSSR count). The predicted octanol–water partition coefficient (Wildman–Crippen LogP) is 3.80. The molecule has 1 N–H and O–H groups in total. The SMILES string of the molecule is CC(C)(C)OC(=O)NCCC=Cc1cc(Cl)cnc1F. The average molecular weight is 301 g/mol. The minimum atomic E-state index is -0.578. The van der Waals surface area contributed by atoms with Crippen molar-refractivity contribution >= 4 is 23.8 Å². The van der Waals surface area contributed by atoms with Crippen molar-refractivity contribution in [3.63, 3.8) is 0 Å². The second-order valence-electron chi connectivity index (χ2n) is 5.15. The van der Waals surface area contributed by atoms with Gasteiger partial charge in [0.05, 0.1) is 5.02 Å². The van der Waals surface area contributed by atoms with E-state index in [0.717, 1.165) is 0 Å². The van der Waals surface area contributed by atoms with Crippen LogP contribution in [0, 0.1) is 5.95 Å². The molecule has 0 spiro atoms. The molecule has 6 heteroatoms. The molecule has 0 fully saturated rings. The Morgan fingerprint density at radius 1 is 1.55 bits per heavy atom. The van der Waals surface area contributed by atoms with Gasteiger partial charge in [0.15, 0.2) is 0 Å². The van der Waals surface area contributed by atoms with Crippen LogP contribution < -0.4 is 5.32 Å². The molecule has 0 saturated heterocycles. The van der Waals surface area contributed by atoms with E-state index in [9.17, 15) is 9.18 Å². The number of carbonyl (C=O) groups excluding carboxylic acids is 1. The number of amides is 1. The largest absolute Gasteiger partial charge is 0.444 e. The topological polar surface area (TPSA) is 51.2 Å². The van der Waals surface area contributed by atoms with Gasteiger partial charge in [0.1, 0.15) is 5.60 Å². The highest BCUT2D eigenvalue weighted by molar-refractivity contribution is 6.30. The molecule has 0 aliphatic heterocycles. The lowest BCUT2D eigenvalue weighted by atomic mass is 10.2. The molecule has 0 aliphatic rings. The summed E-state index contributed by atoms with van der Waals surface area (Å²) in [7, 11) is 0. The van der Waals surface area contributed by atoms with Crippen molar-refractivity contribution in [3.05, 3.63) is 34.9 Å². The maximum absolute atomic E-state index is 13.3. The molecule has 0 radical (unpaired) electrons. The average Bonchev–Trinajstić information content (AvgIpc) is 2.30. The first kappa shape index (κ1) is 16.4. The third-order valence-corrected chi connectivity index (χ3v) is 2.32. The Labute approximate surface area is 123 Å². The molecule has 1 aromatic rings. The maximum atomic E-state index is 13.3. The summed E-state index contributed by atoms with van der Waals surface area (Å²) in [5.41, 5.74) is -0.204. The Balaban J connectivity index is 2.36. The molecule has 110 valence electrons. The van der Waals surface area contributed by atoms with Crippen molar-refractivity contribution in [3.8, 4) is 0 Å². The zero-order valence-corrected chi connectivity index (χ0v) is 12.5. The predicted molar refractivity (Wildman–Crippen MR) is 77.1 cm³/mol. The Kier molecular flexibility index (Phi) is 5.95. The monoisotopic (exact) mass is 300 g/mol. The molecule has 0 bridgehead atoms. The normalized spacial score (nSPS) is 11.7. The molecule has 0 saturated carbocycles. The number of halogens is 2. The van der Waals surface area contributed by atoms with Crippen molar-refractivity contribution in [2.45, 2.75) is 32.8 Å². The van der Waals surface area contributed by atoms with Gasteiger partial charge in [0.25, 0.3) is 0 Å². The van der Waals surface area contributed by atoms with Gasteiger partial charge in [-0.3, -0.25) is 0 Å². The quantitative estimate of drug-likeness (QED) is 0.679. The molecule has 0 atom stereocenters. The number of rotatable bonds is 4. The number of alkyl carbamates (subject to hydrolysis) is 1. The Morgan fingerprint density at radius 3 is 2.90 bits per heavy atom. The molecule has 0 aromatic carbocycles. The first-order valence-corrected chi connectivity index (χ1v) is 6.60. The smallest absolute Gasteiger partial charge is 0.407 e. The number of carbonyl (C=O) groups is 1. The van der Waals surface area contributed by atoms with Gasteiger partial charge in [-0.25, -0.2) is 9.78 Å². The molecule has 4 nitrogen and oxygen atoms in total. The van der Waals surface area contributed by atoms with Gasteiger partial charge in [-0.2, -0.15) is 4.39 Å². The molecule has 20 heavy (non-hydrogen) atoms. The highest BCUT2D eigenvalue weighted by atomic mass is 35.5. The lowest BCUT2D eigenvalue weighted by Gasteiger charge is -2.19. The van der Waals surface area contributed by atoms with Gasteiger partial charge in [-0.1, -0.05) is 23.8 Å². The van der Waals surface area contributed by atoms with Crippen molar-refractivity contribution < 1.29 is 13.9 Å². The highest BCUT2D eigenvalue weighted by Crippen LogP contribution is 2.13. The lowest BCUT2D eigenvalue weighted by molar-refractivity contribution is 0.0529. The fourth-order valence-electron chi connectivity index (χ4n) is 1.34. The van der Waals surface area contributed by atoms with E-state index in [4.69, 9.17) is 16.3 Å². The number of hydrogen-bond acceptors (Lipinski definition) is 3. The summed E-state index contributed by atoms with van der Waals surface area (Å²) in [5, 5.41) is 2.98. The van der Waals surface area contributed by atoms with Crippen LogP contribution in [-0.4, -0.2) is 23.2 Å². The van der Waals surface area contributed by atoms with Crippen molar-refractivity contribution in [2.75, 3.05) is 6.54 Å². The van der Waals surface area contributed by atoms with Gasteiger partial charge >= 0.3 is 6.09 Å². The highest BCUT2D eigenvalue weighted by Gasteiger charge is 2.15. The zero-order chi connectivity index (χ0) is 15.2. The van der Waals surface area contributed by atoms with E-state index >= 15 is 0 Å². The Morgan fingerprint density at radius 2 is 2.25 bits per heavy atom. The lowest BCUT2D eigenvalue weighted by Crippen LogP contribution is -2.32. The summed E-state index contributed by atoms with van der Waals surface area (Å²) in [6, 6.07) is 1.49. The first-order valence-electron chi connectivity index (χ1n) is 6.22. The summed E-state index contributed by atoms with van der Waals surface area (Å²) >= 11 is 5.72. The van der Waals surface area contributed by atoms with Crippen LogP contribution in [0.4, 0.5) is 9.18 Å². The van der Waals surface area contributed by atoms with E-state index in [0.29, 0.717) is 23.6 Å². The maximum Gasteiger partial charge on any atom is 0.407 e. The summed E-state index contributed by atoms with van der Waals surface area (Å²) in [5.74, 6) is -0.578. The van der Waals surface area contributed by atoms with E-state index in [1.165, 1.54) is 12.3 Å². The molecular formula is C14H18ClFN2O2. The fraction of sp³-hybridized carbons (Fsp3) is 0.429. The molecule has 0 unspecified atom stereocenters. The van der Waals surface area contributed by atoms with Gasteiger partial charge in [0.2, 0.25) is 5.95 Å². The number of pyridine rings is 1. The molecule has 0 aliphatic carbocycles. The number of nitrogens with zero attached hydrogens (tertiary/aromatic N) is 1. The van der Waals surface area contributed by atoms with E-state index in [-0.39, 0.29) is 0 Å². The zero-order valence-electron chi connectivity index (χ0n) is 11.7. The molecular weight excluding hydrogens is 283 g/mol. The minimum absolute atomic E-state index is 0.315. The van der Waals surface area contributed by atoms with Gasteiger partial charge in [-0.15, -0.1) is 0 Å². The van der Waals surface area contributed by atoms with Crippen LogP contribution in [-0.2, 0) is 4.74 Å². The molecule has 1 amide bonds. The van der Waals surface area contributed by atoms with Gasteiger partial charge < -0.3 is 10.1 Å². The van der Waals surface area contributed by atoms with E-state index in [2.05, 4.69) is 10.3 Å².